The summed E-state index contributed by atoms with van der Waals surface area (Å²) in [4.78, 5) is 43.4. The quantitative estimate of drug-likeness (QED) is 0.190. The molecule has 1 fully saturated rings. The normalized spacial score (nSPS) is 13.2. The van der Waals surface area contributed by atoms with Gasteiger partial charge in [-0.05, 0) is 41.8 Å². The van der Waals surface area contributed by atoms with Crippen LogP contribution in [0.2, 0.25) is 0 Å². The maximum absolute atomic E-state index is 9.55. The largest absolute Gasteiger partial charge is 0.493 e. The molecule has 1 saturated heterocycles. The highest BCUT2D eigenvalue weighted by Gasteiger charge is 2.20. The number of ether oxygens (including phenoxy) is 2. The Morgan fingerprint density at radius 1 is 0.625 bits per heavy atom. The molecular formula is C36H42N2O10. The lowest BCUT2D eigenvalue weighted by atomic mass is 9.88. The van der Waals surface area contributed by atoms with Crippen molar-refractivity contribution in [1.29, 1.82) is 0 Å². The van der Waals surface area contributed by atoms with Gasteiger partial charge in [-0.15, -0.1) is 0 Å². The van der Waals surface area contributed by atoms with Crippen molar-refractivity contribution >= 4 is 23.9 Å². The van der Waals surface area contributed by atoms with Crippen LogP contribution < -0.4 is 9.47 Å². The molecule has 256 valence electrons. The number of hydrogen-bond donors (Lipinski definition) is 4. The smallest absolute Gasteiger partial charge is 0.328 e. The Balaban J connectivity index is 0.000000414. The SMILES string of the molecule is COc1ccc(CN2CCN(CCC(c3ccccc3)c3ccccc3)CC2)cc1OC.O=C(O)C=CC(=O)O.O=C(O)C=CC(=O)O. The minimum absolute atomic E-state index is 0.446. The fourth-order valence-electron chi connectivity index (χ4n) is 4.90. The van der Waals surface area contributed by atoms with E-state index in [4.69, 9.17) is 29.9 Å². The van der Waals surface area contributed by atoms with E-state index < -0.39 is 23.9 Å². The number of benzene rings is 3. The lowest BCUT2D eigenvalue weighted by molar-refractivity contribution is -0.134. The molecule has 1 aliphatic heterocycles. The first-order valence-electron chi connectivity index (χ1n) is 15.1. The number of carbonyl (C=O) groups is 4. The highest BCUT2D eigenvalue weighted by atomic mass is 16.5. The molecule has 0 radical (unpaired) electrons. The highest BCUT2D eigenvalue weighted by Crippen LogP contribution is 2.29. The van der Waals surface area contributed by atoms with Crippen LogP contribution in [0.1, 0.15) is 29.0 Å². The zero-order valence-electron chi connectivity index (χ0n) is 27.0. The molecule has 1 heterocycles. The molecule has 1 aliphatic rings. The Bertz CT molecular complexity index is 1400. The van der Waals surface area contributed by atoms with Gasteiger partial charge in [-0.2, -0.15) is 0 Å². The van der Waals surface area contributed by atoms with Crippen molar-refractivity contribution in [3.05, 3.63) is 120 Å². The molecule has 0 amide bonds. The van der Waals surface area contributed by atoms with E-state index in [1.165, 1.54) is 16.7 Å². The van der Waals surface area contributed by atoms with Gasteiger partial charge in [0.25, 0.3) is 0 Å². The van der Waals surface area contributed by atoms with E-state index >= 15 is 0 Å². The Morgan fingerprint density at radius 2 is 1.04 bits per heavy atom. The van der Waals surface area contributed by atoms with Crippen molar-refractivity contribution in [2.24, 2.45) is 0 Å². The summed E-state index contributed by atoms with van der Waals surface area (Å²) in [5, 5.41) is 31.2. The van der Waals surface area contributed by atoms with Gasteiger partial charge in [-0.1, -0.05) is 66.7 Å². The standard InChI is InChI=1S/C28H34N2O2.2C4H4O4/c1-31-27-14-13-23(21-28(27)32-2)22-30-19-17-29(18-20-30)16-15-26(24-9-5-3-6-10-24)25-11-7-4-8-12-25;2*5-3(6)1-2-4(7)8/h3-14,21,26H,15-20,22H2,1-2H3;2*1-2H,(H,5,6)(H,7,8). The summed E-state index contributed by atoms with van der Waals surface area (Å²) in [6.07, 6.45) is 3.37. The average molecular weight is 663 g/mol. The van der Waals surface area contributed by atoms with Crippen LogP contribution >= 0.6 is 0 Å². The molecule has 0 saturated carbocycles. The molecule has 12 nitrogen and oxygen atoms in total. The molecule has 4 N–H and O–H groups in total. The first-order chi connectivity index (χ1) is 23.0. The number of carboxylic acid groups (broad SMARTS) is 4. The van der Waals surface area contributed by atoms with Gasteiger partial charge in [0.05, 0.1) is 14.2 Å². The second kappa shape index (κ2) is 21.4. The summed E-state index contributed by atoms with van der Waals surface area (Å²) in [5.74, 6) is -2.99. The van der Waals surface area contributed by atoms with Crippen LogP contribution in [-0.4, -0.2) is 101 Å². The predicted octanol–water partition coefficient (Wildman–Crippen LogP) is 4.47. The summed E-state index contributed by atoms with van der Waals surface area (Å²) in [5.41, 5.74) is 4.08. The van der Waals surface area contributed by atoms with Crippen molar-refractivity contribution < 1.29 is 49.1 Å². The minimum atomic E-state index is -1.26. The Kier molecular flexibility index (Phi) is 17.2. The van der Waals surface area contributed by atoms with Gasteiger partial charge in [0.15, 0.2) is 11.5 Å². The molecule has 48 heavy (non-hydrogen) atoms. The van der Waals surface area contributed by atoms with Gasteiger partial charge in [-0.25, -0.2) is 19.2 Å². The van der Waals surface area contributed by atoms with Crippen LogP contribution in [0.15, 0.2) is 103 Å². The van der Waals surface area contributed by atoms with Gasteiger partial charge in [0, 0.05) is 62.9 Å². The van der Waals surface area contributed by atoms with Crippen LogP contribution in [0.25, 0.3) is 0 Å². The van der Waals surface area contributed by atoms with Crippen LogP contribution in [-0.2, 0) is 25.7 Å². The predicted molar refractivity (Wildman–Crippen MR) is 179 cm³/mol. The van der Waals surface area contributed by atoms with Gasteiger partial charge in [0.2, 0.25) is 0 Å². The van der Waals surface area contributed by atoms with E-state index in [0.29, 0.717) is 30.2 Å². The van der Waals surface area contributed by atoms with Gasteiger partial charge >= 0.3 is 23.9 Å². The monoisotopic (exact) mass is 662 g/mol. The van der Waals surface area contributed by atoms with Crippen molar-refractivity contribution in [2.45, 2.75) is 18.9 Å². The maximum atomic E-state index is 9.55. The van der Waals surface area contributed by atoms with Crippen molar-refractivity contribution in [3.63, 3.8) is 0 Å². The summed E-state index contributed by atoms with van der Waals surface area (Å²) in [7, 11) is 3.37. The molecule has 0 aromatic heterocycles. The highest BCUT2D eigenvalue weighted by molar-refractivity contribution is 5.90. The second-order valence-electron chi connectivity index (χ2n) is 10.5. The topological polar surface area (TPSA) is 174 Å². The number of aliphatic carboxylic acids is 4. The molecule has 0 aliphatic carbocycles. The third kappa shape index (κ3) is 15.2. The second-order valence-corrected chi connectivity index (χ2v) is 10.5. The lowest BCUT2D eigenvalue weighted by Crippen LogP contribution is -2.46. The summed E-state index contributed by atoms with van der Waals surface area (Å²) in [6.45, 7) is 6.49. The first kappa shape index (κ1) is 38.7. The van der Waals surface area contributed by atoms with E-state index in [0.717, 1.165) is 57.2 Å². The number of nitrogens with zero attached hydrogens (tertiary/aromatic N) is 2. The summed E-state index contributed by atoms with van der Waals surface area (Å²) >= 11 is 0. The molecular weight excluding hydrogens is 620 g/mol. The molecule has 3 aromatic rings. The van der Waals surface area contributed by atoms with Crippen molar-refractivity contribution in [1.82, 2.24) is 9.80 Å². The van der Waals surface area contributed by atoms with E-state index in [1.54, 1.807) is 14.2 Å². The zero-order valence-corrected chi connectivity index (χ0v) is 27.0. The minimum Gasteiger partial charge on any atom is -0.493 e. The fourth-order valence-corrected chi connectivity index (χ4v) is 4.90. The van der Waals surface area contributed by atoms with Gasteiger partial charge in [-0.3, -0.25) is 4.90 Å². The molecule has 0 atom stereocenters. The lowest BCUT2D eigenvalue weighted by Gasteiger charge is -2.35. The van der Waals surface area contributed by atoms with Crippen LogP contribution in [0.5, 0.6) is 11.5 Å². The van der Waals surface area contributed by atoms with E-state index in [9.17, 15) is 19.2 Å². The average Bonchev–Trinajstić information content (AvgIpc) is 3.08. The third-order valence-electron chi connectivity index (χ3n) is 7.19. The van der Waals surface area contributed by atoms with E-state index in [2.05, 4.69) is 82.6 Å². The number of piperazine rings is 1. The molecule has 4 rings (SSSR count). The molecule has 3 aromatic carbocycles. The molecule has 12 heteroatoms. The summed E-state index contributed by atoms with van der Waals surface area (Å²) < 4.78 is 10.8. The Labute approximate surface area is 279 Å². The maximum Gasteiger partial charge on any atom is 0.328 e. The van der Waals surface area contributed by atoms with Crippen molar-refractivity contribution in [3.8, 4) is 11.5 Å². The Hall–Kier alpha value is -5.46. The molecule has 0 bridgehead atoms. The first-order valence-corrected chi connectivity index (χ1v) is 15.1. The van der Waals surface area contributed by atoms with Crippen LogP contribution in [0.3, 0.4) is 0 Å². The van der Waals surface area contributed by atoms with Gasteiger partial charge < -0.3 is 34.8 Å². The van der Waals surface area contributed by atoms with Crippen molar-refractivity contribution in [2.75, 3.05) is 46.9 Å². The number of hydrogen-bond acceptors (Lipinski definition) is 8. The van der Waals surface area contributed by atoms with Crippen LogP contribution in [0, 0.1) is 0 Å². The zero-order chi connectivity index (χ0) is 35.3. The number of methoxy groups -OCH3 is 2. The van der Waals surface area contributed by atoms with Crippen LogP contribution in [0.4, 0.5) is 0 Å². The Morgan fingerprint density at radius 3 is 1.44 bits per heavy atom. The number of carboxylic acids is 4. The van der Waals surface area contributed by atoms with E-state index in [1.807, 2.05) is 6.07 Å². The number of rotatable bonds is 13. The summed E-state index contributed by atoms with van der Waals surface area (Å²) in [6, 6.07) is 28.1. The molecule has 0 spiro atoms. The molecule has 0 unspecified atom stereocenters. The third-order valence-corrected chi connectivity index (χ3v) is 7.19. The van der Waals surface area contributed by atoms with E-state index in [-0.39, 0.29) is 0 Å². The van der Waals surface area contributed by atoms with Gasteiger partial charge in [0.1, 0.15) is 0 Å². The fraction of sp³-hybridized carbons (Fsp3) is 0.278.